The SMILES string of the molecule is CC(C)(C)NC(=O)Nc1ccccc1OCCCC(=N)N.CC(C)(C)c1ncc(-c2ccc(CNCCCN=C(N)N)cc2)c(=O)[nH]1. The Bertz CT molecular complexity index is 1520. The zero-order chi connectivity index (χ0) is 35.0. The highest BCUT2D eigenvalue weighted by molar-refractivity contribution is 5.91. The summed E-state index contributed by atoms with van der Waals surface area (Å²) in [5.74, 6) is 1.56. The summed E-state index contributed by atoms with van der Waals surface area (Å²) in [5.41, 5.74) is 18.4. The number of aromatic nitrogens is 2. The lowest BCUT2D eigenvalue weighted by molar-refractivity contribution is 0.243. The van der Waals surface area contributed by atoms with E-state index in [1.54, 1.807) is 18.3 Å². The molecule has 0 spiro atoms. The quantitative estimate of drug-likeness (QED) is 0.0760. The average Bonchev–Trinajstić information content (AvgIpc) is 2.97. The Morgan fingerprint density at radius 2 is 1.68 bits per heavy atom. The van der Waals surface area contributed by atoms with Crippen LogP contribution in [0.4, 0.5) is 10.5 Å². The van der Waals surface area contributed by atoms with E-state index in [0.717, 1.165) is 30.6 Å². The van der Waals surface area contributed by atoms with Crippen molar-refractivity contribution >= 4 is 23.5 Å². The lowest BCUT2D eigenvalue weighted by Gasteiger charge is -2.21. The third-order valence-electron chi connectivity index (χ3n) is 6.38. The van der Waals surface area contributed by atoms with Crippen LogP contribution in [0.2, 0.25) is 0 Å². The van der Waals surface area contributed by atoms with Crippen LogP contribution in [-0.2, 0) is 12.0 Å². The van der Waals surface area contributed by atoms with Crippen LogP contribution in [0.1, 0.15) is 72.2 Å². The second kappa shape index (κ2) is 18.3. The lowest BCUT2D eigenvalue weighted by Crippen LogP contribution is -2.43. The number of guanidine groups is 1. The molecule has 2 amide bonds. The second-order valence-electron chi connectivity index (χ2n) is 13.1. The Kier molecular flexibility index (Phi) is 14.9. The van der Waals surface area contributed by atoms with Gasteiger partial charge in [-0.3, -0.25) is 15.2 Å². The molecular weight excluding hydrogens is 596 g/mol. The highest BCUT2D eigenvalue weighted by Crippen LogP contribution is 2.24. The lowest BCUT2D eigenvalue weighted by atomic mass is 9.95. The van der Waals surface area contributed by atoms with Gasteiger partial charge in [-0.1, -0.05) is 57.2 Å². The van der Waals surface area contributed by atoms with Crippen molar-refractivity contribution < 1.29 is 9.53 Å². The summed E-state index contributed by atoms with van der Waals surface area (Å²) in [6, 6.07) is 14.9. The van der Waals surface area contributed by atoms with Crippen molar-refractivity contribution in [2.45, 2.75) is 78.3 Å². The van der Waals surface area contributed by atoms with E-state index in [-0.39, 0.29) is 34.3 Å². The van der Waals surface area contributed by atoms with Crippen molar-refractivity contribution in [2.75, 3.05) is 25.0 Å². The van der Waals surface area contributed by atoms with E-state index >= 15 is 0 Å². The smallest absolute Gasteiger partial charge is 0.319 e. The van der Waals surface area contributed by atoms with Gasteiger partial charge in [-0.25, -0.2) is 9.78 Å². The van der Waals surface area contributed by atoms with Crippen LogP contribution in [-0.4, -0.2) is 53.0 Å². The first kappa shape index (κ1) is 38.3. The maximum absolute atomic E-state index is 12.4. The molecule has 0 fully saturated rings. The van der Waals surface area contributed by atoms with Crippen molar-refractivity contribution in [1.29, 1.82) is 5.41 Å². The number of carbonyl (C=O) groups excluding carboxylic acids is 1. The van der Waals surface area contributed by atoms with E-state index in [2.05, 4.69) is 30.9 Å². The van der Waals surface area contributed by atoms with Gasteiger partial charge in [-0.15, -0.1) is 0 Å². The number of anilines is 1. The van der Waals surface area contributed by atoms with Crippen LogP contribution in [0.5, 0.6) is 5.75 Å². The van der Waals surface area contributed by atoms with E-state index < -0.39 is 0 Å². The summed E-state index contributed by atoms with van der Waals surface area (Å²) in [7, 11) is 0. The normalized spacial score (nSPS) is 11.1. The van der Waals surface area contributed by atoms with Gasteiger partial charge in [-0.2, -0.15) is 0 Å². The number of carbonyl (C=O) groups is 1. The number of amides is 2. The molecule has 2 aromatic carbocycles. The molecule has 0 aliphatic carbocycles. The molecule has 0 atom stereocenters. The van der Waals surface area contributed by atoms with Crippen molar-refractivity contribution in [2.24, 2.45) is 22.2 Å². The Morgan fingerprint density at radius 1 is 1.00 bits per heavy atom. The van der Waals surface area contributed by atoms with E-state index in [4.69, 9.17) is 27.3 Å². The zero-order valence-corrected chi connectivity index (χ0v) is 28.5. The number of nitrogens with two attached hydrogens (primary N) is 3. The van der Waals surface area contributed by atoms with Crippen molar-refractivity contribution in [1.82, 2.24) is 20.6 Å². The molecule has 0 radical (unpaired) electrons. The predicted octanol–water partition coefficient (Wildman–Crippen LogP) is 4.19. The maximum Gasteiger partial charge on any atom is 0.319 e. The molecule has 1 heterocycles. The summed E-state index contributed by atoms with van der Waals surface area (Å²) in [6.45, 7) is 14.4. The first-order chi connectivity index (χ1) is 22.0. The molecule has 13 nitrogen and oxygen atoms in total. The monoisotopic (exact) mass is 648 g/mol. The Labute approximate surface area is 277 Å². The fourth-order valence-electron chi connectivity index (χ4n) is 4.06. The number of rotatable bonds is 13. The number of amidine groups is 1. The number of urea groups is 1. The van der Waals surface area contributed by atoms with Gasteiger partial charge in [0.2, 0.25) is 0 Å². The number of nitrogens with one attached hydrogen (secondary N) is 5. The van der Waals surface area contributed by atoms with Gasteiger partial charge in [-0.05, 0) is 63.4 Å². The minimum atomic E-state index is -0.304. The van der Waals surface area contributed by atoms with Gasteiger partial charge in [0.05, 0.1) is 23.7 Å². The number of aliphatic imine (C=N–C) groups is 1. The maximum atomic E-state index is 12.4. The largest absolute Gasteiger partial charge is 0.491 e. The Balaban J connectivity index is 0.000000335. The van der Waals surface area contributed by atoms with Crippen LogP contribution in [0.3, 0.4) is 0 Å². The van der Waals surface area contributed by atoms with Crippen LogP contribution >= 0.6 is 0 Å². The van der Waals surface area contributed by atoms with Gasteiger partial charge >= 0.3 is 6.03 Å². The van der Waals surface area contributed by atoms with E-state index in [9.17, 15) is 9.59 Å². The van der Waals surface area contributed by atoms with Crippen molar-refractivity contribution in [3.63, 3.8) is 0 Å². The van der Waals surface area contributed by atoms with Gasteiger partial charge in [0, 0.05) is 36.7 Å². The molecule has 0 bridgehead atoms. The molecule has 11 N–H and O–H groups in total. The number of H-pyrrole nitrogens is 1. The van der Waals surface area contributed by atoms with Crippen LogP contribution < -0.4 is 43.4 Å². The molecule has 0 unspecified atom stereocenters. The molecule has 256 valence electrons. The first-order valence-electron chi connectivity index (χ1n) is 15.6. The molecule has 1 aromatic heterocycles. The summed E-state index contributed by atoms with van der Waals surface area (Å²) in [5, 5.41) is 16.1. The fourth-order valence-corrected chi connectivity index (χ4v) is 4.06. The number of benzene rings is 2. The molecule has 0 saturated carbocycles. The van der Waals surface area contributed by atoms with Gasteiger partial charge in [0.25, 0.3) is 5.56 Å². The third kappa shape index (κ3) is 15.3. The first-order valence-corrected chi connectivity index (χ1v) is 15.6. The van der Waals surface area contributed by atoms with E-state index in [1.807, 2.05) is 77.9 Å². The summed E-state index contributed by atoms with van der Waals surface area (Å²) in [4.78, 5) is 35.5. The van der Waals surface area contributed by atoms with Crippen molar-refractivity contribution in [3.05, 3.63) is 76.5 Å². The summed E-state index contributed by atoms with van der Waals surface area (Å²) in [6.07, 6.45) is 3.69. The Morgan fingerprint density at radius 3 is 2.28 bits per heavy atom. The molecule has 3 aromatic rings. The molecule has 47 heavy (non-hydrogen) atoms. The second-order valence-corrected chi connectivity index (χ2v) is 13.1. The summed E-state index contributed by atoms with van der Waals surface area (Å²) >= 11 is 0. The van der Waals surface area contributed by atoms with E-state index in [0.29, 0.717) is 48.8 Å². The number of ether oxygens (including phenoxy) is 1. The number of para-hydroxylation sites is 2. The minimum absolute atomic E-state index is 0.115. The average molecular weight is 649 g/mol. The molecular formula is C34H52N10O3. The molecule has 13 heteroatoms. The number of hydrogen-bond donors (Lipinski definition) is 8. The van der Waals surface area contributed by atoms with Crippen LogP contribution in [0.15, 0.2) is 64.5 Å². The predicted molar refractivity (Wildman–Crippen MR) is 191 cm³/mol. The topological polar surface area (TPSA) is 222 Å². The number of aromatic amines is 1. The zero-order valence-electron chi connectivity index (χ0n) is 28.5. The highest BCUT2D eigenvalue weighted by Gasteiger charge is 2.18. The number of hydrogen-bond acceptors (Lipinski definition) is 7. The molecule has 0 aliphatic rings. The van der Waals surface area contributed by atoms with E-state index in [1.165, 1.54) is 0 Å². The minimum Gasteiger partial charge on any atom is -0.491 e. The standard InChI is InChI=1S/C19H28N6O.C15H24N4O2/c1-19(2,3)17-24-12-15(16(26)25-17)14-7-5-13(6-8-14)11-22-9-4-10-23-18(20)21;1-15(2,3)19-14(20)18-11-7-4-5-8-12(11)21-10-6-9-13(16)17/h5-8,12,22H,4,9-11H2,1-3H3,(H4,20,21,23)(H,24,25,26);4-5,7-8H,6,9-10H2,1-3H3,(H3,16,17)(H2,18,19,20). The fraction of sp³-hybridized carbons (Fsp3) is 0.441. The molecule has 0 aliphatic heterocycles. The number of nitrogens with zero attached hydrogens (tertiary/aromatic N) is 2. The Hall–Kier alpha value is -4.91. The molecule has 3 rings (SSSR count). The van der Waals surface area contributed by atoms with Crippen LogP contribution in [0, 0.1) is 5.41 Å². The van der Waals surface area contributed by atoms with Crippen molar-refractivity contribution in [3.8, 4) is 16.9 Å². The molecule has 0 saturated heterocycles. The van der Waals surface area contributed by atoms with Crippen LogP contribution in [0.25, 0.3) is 11.1 Å². The van der Waals surface area contributed by atoms with Gasteiger partial charge < -0.3 is 42.9 Å². The summed E-state index contributed by atoms with van der Waals surface area (Å²) < 4.78 is 5.62. The van der Waals surface area contributed by atoms with Gasteiger partial charge in [0.15, 0.2) is 5.96 Å². The third-order valence-corrected chi connectivity index (χ3v) is 6.38. The van der Waals surface area contributed by atoms with Gasteiger partial charge in [0.1, 0.15) is 11.6 Å². The highest BCUT2D eigenvalue weighted by atomic mass is 16.5.